The summed E-state index contributed by atoms with van der Waals surface area (Å²) in [5.74, 6) is -0.119. The van der Waals surface area contributed by atoms with Gasteiger partial charge in [-0.2, -0.15) is 0 Å². The maximum absolute atomic E-state index is 9.49. The fourth-order valence-electron chi connectivity index (χ4n) is 2.02. The lowest BCUT2D eigenvalue weighted by Crippen LogP contribution is -2.42. The van der Waals surface area contributed by atoms with E-state index in [1.165, 1.54) is 0 Å². The second-order valence-electron chi connectivity index (χ2n) is 4.12. The molecular weight excluding hydrogens is 236 g/mol. The van der Waals surface area contributed by atoms with Crippen LogP contribution in [0.3, 0.4) is 0 Å². The first-order chi connectivity index (χ1) is 8.11. The van der Waals surface area contributed by atoms with Crippen LogP contribution in [-0.4, -0.2) is 33.3 Å². The molecule has 0 atom stereocenters. The number of rotatable bonds is 1. The molecule has 1 aromatic rings. The summed E-state index contributed by atoms with van der Waals surface area (Å²) in [5.41, 5.74) is 2.10. The van der Waals surface area contributed by atoms with E-state index < -0.39 is 0 Å². The number of nitrogens with zero attached hydrogens (tertiary/aromatic N) is 1. The topological polar surface area (TPSA) is 55.7 Å². The van der Waals surface area contributed by atoms with Crippen molar-refractivity contribution in [3.8, 4) is 11.5 Å². The SMILES string of the molecule is CCNC(=S)N1CCc2cc(O)c(O)cc2C1. The van der Waals surface area contributed by atoms with Crippen LogP contribution in [0.5, 0.6) is 11.5 Å². The van der Waals surface area contributed by atoms with E-state index in [4.69, 9.17) is 12.2 Å². The van der Waals surface area contributed by atoms with Crippen molar-refractivity contribution < 1.29 is 10.2 Å². The molecule has 0 spiro atoms. The number of thiocarbonyl (C=S) groups is 1. The van der Waals surface area contributed by atoms with Crippen molar-refractivity contribution in [2.75, 3.05) is 13.1 Å². The molecule has 2 rings (SSSR count). The molecule has 0 amide bonds. The number of aromatic hydroxyl groups is 2. The molecular formula is C12H16N2O2S. The second-order valence-corrected chi connectivity index (χ2v) is 4.50. The molecule has 5 heteroatoms. The van der Waals surface area contributed by atoms with E-state index in [9.17, 15) is 10.2 Å². The monoisotopic (exact) mass is 252 g/mol. The predicted octanol–water partition coefficient (Wildman–Crippen LogP) is 1.35. The highest BCUT2D eigenvalue weighted by Gasteiger charge is 2.19. The highest BCUT2D eigenvalue weighted by Crippen LogP contribution is 2.31. The third-order valence-electron chi connectivity index (χ3n) is 2.92. The van der Waals surface area contributed by atoms with Gasteiger partial charge in [-0.05, 0) is 48.8 Å². The molecule has 1 aromatic carbocycles. The van der Waals surface area contributed by atoms with E-state index in [1.54, 1.807) is 12.1 Å². The van der Waals surface area contributed by atoms with E-state index in [0.717, 1.165) is 35.7 Å². The van der Waals surface area contributed by atoms with E-state index in [-0.39, 0.29) is 11.5 Å². The summed E-state index contributed by atoms with van der Waals surface area (Å²) in [6, 6.07) is 3.25. The first-order valence-corrected chi connectivity index (χ1v) is 6.09. The van der Waals surface area contributed by atoms with Crippen LogP contribution >= 0.6 is 12.2 Å². The molecule has 1 aliphatic rings. The summed E-state index contributed by atoms with van der Waals surface area (Å²) in [6.45, 7) is 4.33. The third kappa shape index (κ3) is 2.44. The molecule has 1 heterocycles. The number of hydrogen-bond acceptors (Lipinski definition) is 3. The minimum atomic E-state index is -0.0695. The largest absolute Gasteiger partial charge is 0.504 e. The van der Waals surface area contributed by atoms with Gasteiger partial charge in [0.15, 0.2) is 16.6 Å². The van der Waals surface area contributed by atoms with Crippen LogP contribution < -0.4 is 5.32 Å². The molecule has 0 aliphatic carbocycles. The van der Waals surface area contributed by atoms with Gasteiger partial charge in [-0.1, -0.05) is 0 Å². The molecule has 0 bridgehead atoms. The average molecular weight is 252 g/mol. The van der Waals surface area contributed by atoms with E-state index in [2.05, 4.69) is 10.2 Å². The van der Waals surface area contributed by atoms with Gasteiger partial charge in [0.2, 0.25) is 0 Å². The van der Waals surface area contributed by atoms with Crippen molar-refractivity contribution in [1.29, 1.82) is 0 Å². The highest BCUT2D eigenvalue weighted by molar-refractivity contribution is 7.80. The van der Waals surface area contributed by atoms with Crippen LogP contribution in [0.1, 0.15) is 18.1 Å². The molecule has 92 valence electrons. The molecule has 3 N–H and O–H groups in total. The Kier molecular flexibility index (Phi) is 3.38. The highest BCUT2D eigenvalue weighted by atomic mass is 32.1. The minimum Gasteiger partial charge on any atom is -0.504 e. The Labute approximate surface area is 106 Å². The average Bonchev–Trinajstić information content (AvgIpc) is 2.30. The van der Waals surface area contributed by atoms with E-state index in [1.807, 2.05) is 6.92 Å². The van der Waals surface area contributed by atoms with Crippen LogP contribution in [0.2, 0.25) is 0 Å². The van der Waals surface area contributed by atoms with Gasteiger partial charge in [0.05, 0.1) is 0 Å². The van der Waals surface area contributed by atoms with Gasteiger partial charge >= 0.3 is 0 Å². The zero-order valence-electron chi connectivity index (χ0n) is 9.73. The number of nitrogens with one attached hydrogen (secondary N) is 1. The quantitative estimate of drug-likeness (QED) is 0.520. The van der Waals surface area contributed by atoms with Gasteiger partial charge in [0.1, 0.15) is 0 Å². The smallest absolute Gasteiger partial charge is 0.169 e. The van der Waals surface area contributed by atoms with Crippen molar-refractivity contribution in [2.45, 2.75) is 19.9 Å². The first-order valence-electron chi connectivity index (χ1n) is 5.68. The van der Waals surface area contributed by atoms with Crippen molar-refractivity contribution in [3.05, 3.63) is 23.3 Å². The van der Waals surface area contributed by atoms with Crippen molar-refractivity contribution in [3.63, 3.8) is 0 Å². The number of phenols is 2. The molecule has 17 heavy (non-hydrogen) atoms. The Bertz CT molecular complexity index is 448. The van der Waals surface area contributed by atoms with Gasteiger partial charge < -0.3 is 20.4 Å². The van der Waals surface area contributed by atoms with Crippen LogP contribution in [0.15, 0.2) is 12.1 Å². The van der Waals surface area contributed by atoms with Gasteiger partial charge in [-0.25, -0.2) is 0 Å². The van der Waals surface area contributed by atoms with Crippen LogP contribution in [-0.2, 0) is 13.0 Å². The molecule has 0 aromatic heterocycles. The van der Waals surface area contributed by atoms with E-state index >= 15 is 0 Å². The zero-order chi connectivity index (χ0) is 12.4. The van der Waals surface area contributed by atoms with Gasteiger partial charge in [-0.3, -0.25) is 0 Å². The van der Waals surface area contributed by atoms with Crippen molar-refractivity contribution in [1.82, 2.24) is 10.2 Å². The van der Waals surface area contributed by atoms with Gasteiger partial charge in [-0.15, -0.1) is 0 Å². The summed E-state index contributed by atoms with van der Waals surface area (Å²) < 4.78 is 0. The number of benzene rings is 1. The number of phenolic OH excluding ortho intramolecular Hbond substituents is 2. The molecule has 0 unspecified atom stereocenters. The lowest BCUT2D eigenvalue weighted by molar-refractivity contribution is 0.375. The van der Waals surface area contributed by atoms with Crippen molar-refractivity contribution in [2.24, 2.45) is 0 Å². The summed E-state index contributed by atoms with van der Waals surface area (Å²) in [5, 5.41) is 22.8. The maximum atomic E-state index is 9.49. The molecule has 0 fully saturated rings. The Balaban J connectivity index is 2.18. The van der Waals surface area contributed by atoms with Crippen molar-refractivity contribution >= 4 is 17.3 Å². The van der Waals surface area contributed by atoms with Crippen LogP contribution in [0.4, 0.5) is 0 Å². The lowest BCUT2D eigenvalue weighted by atomic mass is 9.99. The first kappa shape index (κ1) is 12.0. The third-order valence-corrected chi connectivity index (χ3v) is 3.33. The molecule has 1 aliphatic heterocycles. The molecule has 0 saturated carbocycles. The summed E-state index contributed by atoms with van der Waals surface area (Å²) in [6.07, 6.45) is 0.828. The van der Waals surface area contributed by atoms with Gasteiger partial charge in [0, 0.05) is 19.6 Å². The predicted molar refractivity (Wildman–Crippen MR) is 70.2 cm³/mol. The van der Waals surface area contributed by atoms with Crippen LogP contribution in [0.25, 0.3) is 0 Å². The number of hydrogen-bond donors (Lipinski definition) is 3. The fourth-order valence-corrected chi connectivity index (χ4v) is 2.32. The Morgan fingerprint density at radius 1 is 1.35 bits per heavy atom. The maximum Gasteiger partial charge on any atom is 0.169 e. The van der Waals surface area contributed by atoms with Gasteiger partial charge in [0.25, 0.3) is 0 Å². The zero-order valence-corrected chi connectivity index (χ0v) is 10.5. The summed E-state index contributed by atoms with van der Waals surface area (Å²) in [7, 11) is 0. The van der Waals surface area contributed by atoms with E-state index in [0.29, 0.717) is 6.54 Å². The standard InChI is InChI=1S/C12H16N2O2S/c1-2-13-12(17)14-4-3-8-5-10(15)11(16)6-9(8)7-14/h5-6,15-16H,2-4,7H2,1H3,(H,13,17). The Morgan fingerprint density at radius 3 is 2.65 bits per heavy atom. The molecule has 0 radical (unpaired) electrons. The summed E-state index contributed by atoms with van der Waals surface area (Å²) >= 11 is 5.26. The molecule has 4 nitrogen and oxygen atoms in total. The second kappa shape index (κ2) is 4.79. The Hall–Kier alpha value is -1.49. The van der Waals surface area contributed by atoms with Crippen LogP contribution in [0, 0.1) is 0 Å². The Morgan fingerprint density at radius 2 is 2.00 bits per heavy atom. The molecule has 0 saturated heterocycles. The minimum absolute atomic E-state index is 0.0496. The lowest BCUT2D eigenvalue weighted by Gasteiger charge is -2.31. The number of fused-ring (bicyclic) bond motifs is 1. The summed E-state index contributed by atoms with van der Waals surface area (Å²) in [4.78, 5) is 2.07. The fraction of sp³-hybridized carbons (Fsp3) is 0.417. The normalized spacial score (nSPS) is 14.3.